The lowest BCUT2D eigenvalue weighted by atomic mass is 10.3. The lowest BCUT2D eigenvalue weighted by Gasteiger charge is -2.12. The SMILES string of the molecule is CN1/C(=C\C=C\c2sc3ccc(Cl)cc3[n+]2C)Sc2ccc(Cl)cc21.COS(=O)(=O)[O-]. The molecule has 11 heteroatoms. The van der Waals surface area contributed by atoms with Gasteiger partial charge in [-0.15, -0.1) is 0 Å². The number of fused-ring (bicyclic) bond motifs is 2. The molecule has 3 aromatic rings. The number of anilines is 1. The summed E-state index contributed by atoms with van der Waals surface area (Å²) in [6, 6.07) is 12.0. The zero-order chi connectivity index (χ0) is 22.8. The van der Waals surface area contributed by atoms with Gasteiger partial charge in [-0.25, -0.2) is 8.42 Å². The van der Waals surface area contributed by atoms with E-state index in [1.165, 1.54) is 19.6 Å². The molecule has 0 bridgehead atoms. The molecular weight excluding hydrogens is 499 g/mol. The van der Waals surface area contributed by atoms with E-state index in [0.717, 1.165) is 28.4 Å². The van der Waals surface area contributed by atoms with Gasteiger partial charge in [-0.05, 0) is 36.4 Å². The molecule has 4 rings (SSSR count). The number of thiazole rings is 1. The van der Waals surface area contributed by atoms with Crippen molar-refractivity contribution in [1.82, 2.24) is 0 Å². The third-order valence-corrected chi connectivity index (χ3v) is 7.58. The fourth-order valence-corrected chi connectivity index (χ4v) is 5.20. The van der Waals surface area contributed by atoms with Gasteiger partial charge in [0.1, 0.15) is 11.7 Å². The smallest absolute Gasteiger partial charge is 0.262 e. The van der Waals surface area contributed by atoms with Crippen LogP contribution in [0.4, 0.5) is 5.69 Å². The lowest BCUT2D eigenvalue weighted by Crippen LogP contribution is -2.28. The standard InChI is InChI=1S/C19H15Cl2N2S2.CH4O4S/c1-22-14-10-12(20)6-8-16(14)24-18(22)4-3-5-19-23(2)15-11-13(21)7-9-17(15)25-19;1-5-6(2,3)4/h3-11H,1-2H3;1H3,(H,2,3,4)/q+1;/p-1. The van der Waals surface area contributed by atoms with Gasteiger partial charge in [-0.1, -0.05) is 52.4 Å². The van der Waals surface area contributed by atoms with E-state index in [1.807, 2.05) is 24.3 Å². The number of aromatic nitrogens is 1. The van der Waals surface area contributed by atoms with Gasteiger partial charge in [0.25, 0.3) is 5.01 Å². The van der Waals surface area contributed by atoms with Crippen molar-refractivity contribution in [3.8, 4) is 0 Å². The maximum absolute atomic E-state index is 9.22. The van der Waals surface area contributed by atoms with E-state index < -0.39 is 10.4 Å². The Morgan fingerprint density at radius 3 is 2.48 bits per heavy atom. The molecule has 0 N–H and O–H groups in total. The van der Waals surface area contributed by atoms with E-state index >= 15 is 0 Å². The van der Waals surface area contributed by atoms with Gasteiger partial charge in [-0.3, -0.25) is 4.18 Å². The number of benzene rings is 2. The van der Waals surface area contributed by atoms with Crippen LogP contribution in [0.25, 0.3) is 16.3 Å². The van der Waals surface area contributed by atoms with Crippen LogP contribution < -0.4 is 9.47 Å². The lowest BCUT2D eigenvalue weighted by molar-refractivity contribution is -0.642. The van der Waals surface area contributed by atoms with Gasteiger partial charge in [0.2, 0.25) is 15.9 Å². The Bertz CT molecular complexity index is 1290. The molecule has 31 heavy (non-hydrogen) atoms. The highest BCUT2D eigenvalue weighted by Crippen LogP contribution is 2.45. The average Bonchev–Trinajstić information content (AvgIpc) is 3.19. The van der Waals surface area contributed by atoms with E-state index in [9.17, 15) is 13.0 Å². The fraction of sp³-hybridized carbons (Fsp3) is 0.150. The van der Waals surface area contributed by atoms with E-state index in [0.29, 0.717) is 0 Å². The van der Waals surface area contributed by atoms with Gasteiger partial charge >= 0.3 is 0 Å². The number of nitrogens with zero attached hydrogens (tertiary/aromatic N) is 2. The van der Waals surface area contributed by atoms with Crippen molar-refractivity contribution in [3.63, 3.8) is 0 Å². The summed E-state index contributed by atoms with van der Waals surface area (Å²) in [5.41, 5.74) is 2.30. The number of aryl methyl sites for hydroxylation is 1. The Morgan fingerprint density at radius 1 is 1.16 bits per heavy atom. The van der Waals surface area contributed by atoms with Crippen LogP contribution in [0.1, 0.15) is 5.01 Å². The molecule has 164 valence electrons. The summed E-state index contributed by atoms with van der Waals surface area (Å²) in [5.74, 6) is 0. The predicted octanol–water partition coefficient (Wildman–Crippen LogP) is 5.22. The van der Waals surface area contributed by atoms with E-state index in [4.69, 9.17) is 23.2 Å². The van der Waals surface area contributed by atoms with Gasteiger partial charge in [0, 0.05) is 34.1 Å². The third-order valence-electron chi connectivity index (χ3n) is 4.34. The zero-order valence-electron chi connectivity index (χ0n) is 16.7. The number of allylic oxidation sites excluding steroid dienone is 2. The molecule has 1 aliphatic rings. The minimum atomic E-state index is -4.41. The second kappa shape index (κ2) is 9.91. The van der Waals surface area contributed by atoms with Crippen LogP contribution in [0.2, 0.25) is 10.0 Å². The number of halogens is 2. The first kappa shape index (κ1) is 24.1. The fourth-order valence-electron chi connectivity index (χ4n) is 2.78. The van der Waals surface area contributed by atoms with Crippen molar-refractivity contribution in [2.45, 2.75) is 4.90 Å². The molecule has 1 aliphatic heterocycles. The molecule has 0 unspecified atom stereocenters. The van der Waals surface area contributed by atoms with Gasteiger partial charge in [0.05, 0.1) is 17.8 Å². The molecule has 0 aliphatic carbocycles. The van der Waals surface area contributed by atoms with Crippen LogP contribution in [0.3, 0.4) is 0 Å². The molecule has 0 atom stereocenters. The third kappa shape index (κ3) is 6.01. The highest BCUT2D eigenvalue weighted by molar-refractivity contribution is 8.03. The first-order valence-electron chi connectivity index (χ1n) is 8.78. The monoisotopic (exact) mass is 516 g/mol. The second-order valence-electron chi connectivity index (χ2n) is 6.32. The Morgan fingerprint density at radius 2 is 1.81 bits per heavy atom. The summed E-state index contributed by atoms with van der Waals surface area (Å²) in [6.45, 7) is 0. The van der Waals surface area contributed by atoms with Crippen LogP contribution in [0.5, 0.6) is 0 Å². The minimum Gasteiger partial charge on any atom is -0.726 e. The minimum absolute atomic E-state index is 0.763. The van der Waals surface area contributed by atoms with Crippen molar-refractivity contribution in [2.24, 2.45) is 7.05 Å². The van der Waals surface area contributed by atoms with Crippen molar-refractivity contribution >= 4 is 78.7 Å². The van der Waals surface area contributed by atoms with Crippen LogP contribution >= 0.6 is 46.3 Å². The predicted molar refractivity (Wildman–Crippen MR) is 128 cm³/mol. The molecule has 0 saturated heterocycles. The Hall–Kier alpha value is -1.59. The summed E-state index contributed by atoms with van der Waals surface area (Å²) < 4.78 is 34.4. The van der Waals surface area contributed by atoms with E-state index in [1.54, 1.807) is 23.1 Å². The van der Waals surface area contributed by atoms with Crippen LogP contribution in [0, 0.1) is 0 Å². The number of hydrogen-bond acceptors (Lipinski definition) is 7. The largest absolute Gasteiger partial charge is 0.726 e. The summed E-state index contributed by atoms with van der Waals surface area (Å²) in [7, 11) is 0.527. The summed E-state index contributed by atoms with van der Waals surface area (Å²) in [5, 5.41) is 3.89. The molecule has 0 amide bonds. The molecular formula is C20H18Cl2N2O4S3. The van der Waals surface area contributed by atoms with Crippen LogP contribution in [-0.4, -0.2) is 27.1 Å². The quantitative estimate of drug-likeness (QED) is 0.269. The summed E-state index contributed by atoms with van der Waals surface area (Å²) in [4.78, 5) is 3.40. The van der Waals surface area contributed by atoms with Crippen LogP contribution in [0.15, 0.2) is 58.5 Å². The van der Waals surface area contributed by atoms with E-state index in [2.05, 4.69) is 58.1 Å². The Labute approximate surface area is 199 Å². The topological polar surface area (TPSA) is 73.5 Å². The molecule has 0 fully saturated rings. The molecule has 6 nitrogen and oxygen atoms in total. The molecule has 0 saturated carbocycles. The number of rotatable bonds is 3. The van der Waals surface area contributed by atoms with Gasteiger partial charge < -0.3 is 9.45 Å². The van der Waals surface area contributed by atoms with Crippen molar-refractivity contribution in [1.29, 1.82) is 0 Å². The Kier molecular flexibility index (Phi) is 7.69. The number of hydrogen-bond donors (Lipinski definition) is 0. The zero-order valence-corrected chi connectivity index (χ0v) is 20.7. The first-order valence-corrected chi connectivity index (χ1v) is 12.5. The first-order chi connectivity index (χ1) is 14.6. The molecule has 1 aromatic heterocycles. The summed E-state index contributed by atoms with van der Waals surface area (Å²) >= 11 is 15.7. The van der Waals surface area contributed by atoms with Crippen molar-refractivity contribution in [3.05, 3.63) is 68.6 Å². The van der Waals surface area contributed by atoms with Crippen molar-refractivity contribution < 1.29 is 21.7 Å². The molecule has 2 aromatic carbocycles. The maximum Gasteiger partial charge on any atom is 0.262 e. The molecule has 0 spiro atoms. The highest BCUT2D eigenvalue weighted by atomic mass is 35.5. The second-order valence-corrected chi connectivity index (χ2v) is 10.5. The Balaban J connectivity index is 0.000000401. The van der Waals surface area contributed by atoms with E-state index in [-0.39, 0.29) is 0 Å². The van der Waals surface area contributed by atoms with Gasteiger partial charge in [0.15, 0.2) is 0 Å². The molecule has 2 heterocycles. The maximum atomic E-state index is 9.22. The highest BCUT2D eigenvalue weighted by Gasteiger charge is 2.21. The normalized spacial score (nSPS) is 14.9. The van der Waals surface area contributed by atoms with Crippen LogP contribution in [-0.2, 0) is 21.6 Å². The number of thioether (sulfide) groups is 1. The average molecular weight is 517 g/mol. The summed E-state index contributed by atoms with van der Waals surface area (Å²) in [6.07, 6.45) is 6.37. The van der Waals surface area contributed by atoms with Crippen molar-refractivity contribution in [2.75, 3.05) is 19.1 Å². The molecule has 0 radical (unpaired) electrons. The van der Waals surface area contributed by atoms with Gasteiger partial charge in [-0.2, -0.15) is 4.57 Å².